The monoisotopic (exact) mass is 199 g/mol. The van der Waals surface area contributed by atoms with E-state index in [0.717, 1.165) is 11.8 Å². The standard InChI is InChI=1S/C13H29N/c1-5-8-12(3)13(4)9-7-11-14-10-6-2/h12-14H,5-11H2,1-4H3/t12-,13+/m1/s1. The maximum Gasteiger partial charge on any atom is -0.00488 e. The third-order valence-corrected chi connectivity index (χ3v) is 3.16. The molecule has 0 fully saturated rings. The highest BCUT2D eigenvalue weighted by Gasteiger charge is 2.10. The number of nitrogens with one attached hydrogen (secondary N) is 1. The van der Waals surface area contributed by atoms with Crippen LogP contribution in [0.5, 0.6) is 0 Å². The van der Waals surface area contributed by atoms with Crippen molar-refractivity contribution in [2.45, 2.75) is 59.8 Å². The zero-order valence-electron chi connectivity index (χ0n) is 10.6. The molecule has 0 rings (SSSR count). The van der Waals surface area contributed by atoms with E-state index in [1.165, 1.54) is 45.2 Å². The Kier molecular flexibility index (Phi) is 9.49. The van der Waals surface area contributed by atoms with Crippen LogP contribution >= 0.6 is 0 Å². The zero-order valence-corrected chi connectivity index (χ0v) is 10.6. The molecule has 0 saturated heterocycles. The molecule has 0 aromatic heterocycles. The lowest BCUT2D eigenvalue weighted by atomic mass is 9.88. The minimum Gasteiger partial charge on any atom is -0.317 e. The van der Waals surface area contributed by atoms with E-state index in [2.05, 4.69) is 33.0 Å². The van der Waals surface area contributed by atoms with E-state index in [1.807, 2.05) is 0 Å². The summed E-state index contributed by atoms with van der Waals surface area (Å²) in [6, 6.07) is 0. The first-order chi connectivity index (χ1) is 6.72. The highest BCUT2D eigenvalue weighted by Crippen LogP contribution is 2.20. The lowest BCUT2D eigenvalue weighted by Gasteiger charge is -2.19. The van der Waals surface area contributed by atoms with Crippen molar-refractivity contribution in [1.82, 2.24) is 5.32 Å². The van der Waals surface area contributed by atoms with E-state index < -0.39 is 0 Å². The first kappa shape index (κ1) is 14.0. The van der Waals surface area contributed by atoms with E-state index in [-0.39, 0.29) is 0 Å². The maximum atomic E-state index is 3.46. The fourth-order valence-electron chi connectivity index (χ4n) is 1.88. The van der Waals surface area contributed by atoms with Crippen molar-refractivity contribution < 1.29 is 0 Å². The van der Waals surface area contributed by atoms with Gasteiger partial charge in [0.05, 0.1) is 0 Å². The summed E-state index contributed by atoms with van der Waals surface area (Å²) in [5.41, 5.74) is 0. The molecular weight excluding hydrogens is 170 g/mol. The van der Waals surface area contributed by atoms with Gasteiger partial charge in [-0.1, -0.05) is 40.5 Å². The van der Waals surface area contributed by atoms with Crippen LogP contribution in [0.15, 0.2) is 0 Å². The minimum absolute atomic E-state index is 0.901. The van der Waals surface area contributed by atoms with E-state index in [1.54, 1.807) is 0 Å². The second-order valence-corrected chi connectivity index (χ2v) is 4.64. The topological polar surface area (TPSA) is 12.0 Å². The van der Waals surface area contributed by atoms with Gasteiger partial charge in [0.1, 0.15) is 0 Å². The third kappa shape index (κ3) is 7.37. The van der Waals surface area contributed by atoms with Gasteiger partial charge in [0.2, 0.25) is 0 Å². The van der Waals surface area contributed by atoms with Crippen molar-refractivity contribution in [3.05, 3.63) is 0 Å². The van der Waals surface area contributed by atoms with E-state index in [4.69, 9.17) is 0 Å². The first-order valence-electron chi connectivity index (χ1n) is 6.43. The Morgan fingerprint density at radius 2 is 1.50 bits per heavy atom. The van der Waals surface area contributed by atoms with Gasteiger partial charge in [-0.05, 0) is 44.2 Å². The Labute approximate surface area is 90.7 Å². The highest BCUT2D eigenvalue weighted by atomic mass is 14.8. The Hall–Kier alpha value is -0.0400. The van der Waals surface area contributed by atoms with Crippen molar-refractivity contribution >= 4 is 0 Å². The molecular formula is C13H29N. The lowest BCUT2D eigenvalue weighted by molar-refractivity contribution is 0.332. The Morgan fingerprint density at radius 3 is 2.07 bits per heavy atom. The molecule has 0 spiro atoms. The fourth-order valence-corrected chi connectivity index (χ4v) is 1.88. The van der Waals surface area contributed by atoms with Gasteiger partial charge in [-0.15, -0.1) is 0 Å². The molecule has 0 aliphatic rings. The quantitative estimate of drug-likeness (QED) is 0.556. The lowest BCUT2D eigenvalue weighted by Crippen LogP contribution is -2.17. The molecule has 0 aromatic rings. The molecule has 0 radical (unpaired) electrons. The minimum atomic E-state index is 0.901. The van der Waals surface area contributed by atoms with Crippen molar-refractivity contribution in [2.24, 2.45) is 11.8 Å². The summed E-state index contributed by atoms with van der Waals surface area (Å²) in [7, 11) is 0. The zero-order chi connectivity index (χ0) is 10.8. The van der Waals surface area contributed by atoms with Gasteiger partial charge >= 0.3 is 0 Å². The molecule has 1 N–H and O–H groups in total. The Morgan fingerprint density at radius 1 is 0.857 bits per heavy atom. The average molecular weight is 199 g/mol. The van der Waals surface area contributed by atoms with Crippen LogP contribution in [-0.4, -0.2) is 13.1 Å². The number of rotatable bonds is 9. The molecule has 1 heteroatoms. The van der Waals surface area contributed by atoms with Crippen LogP contribution in [0.2, 0.25) is 0 Å². The molecule has 1 nitrogen and oxygen atoms in total. The molecule has 86 valence electrons. The molecule has 0 unspecified atom stereocenters. The second kappa shape index (κ2) is 9.51. The summed E-state index contributed by atoms with van der Waals surface area (Å²) in [5.74, 6) is 1.81. The Bertz CT molecular complexity index is 112. The smallest absolute Gasteiger partial charge is 0.00488 e. The molecule has 0 aliphatic carbocycles. The molecule has 0 saturated carbocycles. The van der Waals surface area contributed by atoms with Crippen molar-refractivity contribution in [2.75, 3.05) is 13.1 Å². The van der Waals surface area contributed by atoms with Crippen molar-refractivity contribution in [1.29, 1.82) is 0 Å². The molecule has 0 amide bonds. The normalized spacial score (nSPS) is 15.4. The molecule has 0 bridgehead atoms. The summed E-state index contributed by atoms with van der Waals surface area (Å²) >= 11 is 0. The van der Waals surface area contributed by atoms with Gasteiger partial charge in [-0.2, -0.15) is 0 Å². The van der Waals surface area contributed by atoms with Crippen molar-refractivity contribution in [3.8, 4) is 0 Å². The van der Waals surface area contributed by atoms with E-state index in [0.29, 0.717) is 0 Å². The van der Waals surface area contributed by atoms with Crippen LogP contribution in [-0.2, 0) is 0 Å². The molecule has 0 heterocycles. The molecule has 0 aromatic carbocycles. The Balaban J connectivity index is 3.29. The van der Waals surface area contributed by atoms with E-state index in [9.17, 15) is 0 Å². The van der Waals surface area contributed by atoms with E-state index >= 15 is 0 Å². The molecule has 2 atom stereocenters. The SMILES string of the molecule is CCCNCCC[C@H](C)[C@H](C)CCC. The summed E-state index contributed by atoms with van der Waals surface area (Å²) in [5, 5.41) is 3.46. The highest BCUT2D eigenvalue weighted by molar-refractivity contribution is 4.62. The largest absolute Gasteiger partial charge is 0.317 e. The van der Waals surface area contributed by atoms with Gasteiger partial charge in [0, 0.05) is 0 Å². The van der Waals surface area contributed by atoms with Gasteiger partial charge in [0.15, 0.2) is 0 Å². The summed E-state index contributed by atoms with van der Waals surface area (Å²) < 4.78 is 0. The molecule has 14 heavy (non-hydrogen) atoms. The third-order valence-electron chi connectivity index (χ3n) is 3.16. The van der Waals surface area contributed by atoms with Gasteiger partial charge in [-0.3, -0.25) is 0 Å². The van der Waals surface area contributed by atoms with Crippen LogP contribution in [0.25, 0.3) is 0 Å². The number of hydrogen-bond donors (Lipinski definition) is 1. The van der Waals surface area contributed by atoms with Gasteiger partial charge in [0.25, 0.3) is 0 Å². The maximum absolute atomic E-state index is 3.46. The van der Waals surface area contributed by atoms with Crippen LogP contribution in [0, 0.1) is 11.8 Å². The van der Waals surface area contributed by atoms with Gasteiger partial charge in [-0.25, -0.2) is 0 Å². The molecule has 0 aliphatic heterocycles. The van der Waals surface area contributed by atoms with Crippen LogP contribution < -0.4 is 5.32 Å². The van der Waals surface area contributed by atoms with Crippen molar-refractivity contribution in [3.63, 3.8) is 0 Å². The summed E-state index contributed by atoms with van der Waals surface area (Å²) in [4.78, 5) is 0. The fraction of sp³-hybridized carbons (Fsp3) is 1.00. The second-order valence-electron chi connectivity index (χ2n) is 4.64. The van der Waals surface area contributed by atoms with Crippen LogP contribution in [0.4, 0.5) is 0 Å². The summed E-state index contributed by atoms with van der Waals surface area (Å²) in [6.45, 7) is 11.7. The van der Waals surface area contributed by atoms with Crippen LogP contribution in [0.1, 0.15) is 59.8 Å². The average Bonchev–Trinajstić information content (AvgIpc) is 2.17. The number of hydrogen-bond acceptors (Lipinski definition) is 1. The predicted molar refractivity (Wildman–Crippen MR) is 65.6 cm³/mol. The summed E-state index contributed by atoms with van der Waals surface area (Å²) in [6.07, 6.45) is 6.71. The van der Waals surface area contributed by atoms with Crippen LogP contribution in [0.3, 0.4) is 0 Å². The van der Waals surface area contributed by atoms with Gasteiger partial charge < -0.3 is 5.32 Å². The first-order valence-corrected chi connectivity index (χ1v) is 6.43. The predicted octanol–water partition coefficient (Wildman–Crippen LogP) is 3.84.